The van der Waals surface area contributed by atoms with E-state index in [2.05, 4.69) is 10.6 Å². The highest BCUT2D eigenvalue weighted by Gasteiger charge is 2.30. The van der Waals surface area contributed by atoms with Crippen LogP contribution in [0.3, 0.4) is 0 Å². The summed E-state index contributed by atoms with van der Waals surface area (Å²) in [5.41, 5.74) is 0.00535. The lowest BCUT2D eigenvalue weighted by Gasteiger charge is -2.28. The lowest BCUT2D eigenvalue weighted by Crippen LogP contribution is -2.46. The number of nitrogens with zero attached hydrogens (tertiary/aromatic N) is 2. The van der Waals surface area contributed by atoms with Crippen molar-refractivity contribution in [2.75, 3.05) is 37.7 Å². The molecule has 25 heavy (non-hydrogen) atoms. The Morgan fingerprint density at radius 3 is 2.96 bits per heavy atom. The fraction of sp³-hybridized carbons (Fsp3) is 0.467. The second-order valence-electron chi connectivity index (χ2n) is 5.97. The second kappa shape index (κ2) is 7.03. The van der Waals surface area contributed by atoms with E-state index in [9.17, 15) is 24.8 Å². The third-order valence-corrected chi connectivity index (χ3v) is 4.26. The predicted octanol–water partition coefficient (Wildman–Crippen LogP) is -0.983. The molecular weight excluding hydrogens is 332 g/mol. The van der Waals surface area contributed by atoms with Crippen molar-refractivity contribution < 1.29 is 24.4 Å². The Morgan fingerprint density at radius 2 is 2.28 bits per heavy atom. The number of rotatable bonds is 5. The number of fused-ring (bicyclic) bond motifs is 1. The number of carbonyl (C=O) groups is 2. The molecule has 134 valence electrons. The number of aliphatic hydroxyl groups is 1. The molecule has 10 nitrogen and oxygen atoms in total. The largest absolute Gasteiger partial charge is 0.482 e. The molecule has 2 amide bonds. The van der Waals surface area contributed by atoms with E-state index in [1.54, 1.807) is 0 Å². The van der Waals surface area contributed by atoms with Crippen LogP contribution in [-0.2, 0) is 9.59 Å². The van der Waals surface area contributed by atoms with Gasteiger partial charge in [-0.2, -0.15) is 0 Å². The summed E-state index contributed by atoms with van der Waals surface area (Å²) in [6.07, 6.45) is -0.520. The monoisotopic (exact) mass is 350 g/mol. The van der Waals surface area contributed by atoms with Gasteiger partial charge >= 0.3 is 0 Å². The lowest BCUT2D eigenvalue weighted by molar-refractivity contribution is -0.384. The summed E-state index contributed by atoms with van der Waals surface area (Å²) in [6, 6.07) is 3.90. The number of non-ortho nitro benzene ring substituents is 1. The van der Waals surface area contributed by atoms with Crippen LogP contribution in [0.2, 0.25) is 0 Å². The van der Waals surface area contributed by atoms with Crippen molar-refractivity contribution in [1.29, 1.82) is 0 Å². The lowest BCUT2D eigenvalue weighted by atomic mass is 10.1. The van der Waals surface area contributed by atoms with Crippen LogP contribution in [0.4, 0.5) is 11.4 Å². The third-order valence-electron chi connectivity index (χ3n) is 4.26. The van der Waals surface area contributed by atoms with E-state index in [1.807, 2.05) is 0 Å². The van der Waals surface area contributed by atoms with E-state index in [0.29, 0.717) is 18.8 Å². The Hall–Kier alpha value is -2.72. The summed E-state index contributed by atoms with van der Waals surface area (Å²) in [6.45, 7) is 0.871. The molecule has 10 heteroatoms. The fourth-order valence-electron chi connectivity index (χ4n) is 2.85. The van der Waals surface area contributed by atoms with Crippen molar-refractivity contribution in [3.8, 4) is 5.75 Å². The van der Waals surface area contributed by atoms with Gasteiger partial charge < -0.3 is 20.5 Å². The van der Waals surface area contributed by atoms with Crippen LogP contribution in [0.1, 0.15) is 0 Å². The molecule has 2 heterocycles. The molecule has 0 aromatic heterocycles. The number of hydrogen-bond donors (Lipinski definition) is 3. The van der Waals surface area contributed by atoms with Gasteiger partial charge in [-0.15, -0.1) is 0 Å². The van der Waals surface area contributed by atoms with E-state index < -0.39 is 22.8 Å². The van der Waals surface area contributed by atoms with Crippen LogP contribution >= 0.6 is 0 Å². The van der Waals surface area contributed by atoms with Crippen LogP contribution in [0, 0.1) is 16.0 Å². The van der Waals surface area contributed by atoms with Crippen LogP contribution in [-0.4, -0.2) is 60.7 Å². The molecule has 2 unspecified atom stereocenters. The highest BCUT2D eigenvalue weighted by Crippen LogP contribution is 2.35. The Labute approximate surface area is 142 Å². The smallest absolute Gasteiger partial charge is 0.271 e. The number of ether oxygens (including phenoxy) is 1. The Kier molecular flexibility index (Phi) is 4.81. The standard InChI is InChI=1S/C15H18N4O6/c20-12-6-16-4-9(12)5-17-14(21)7-18-11-3-10(19(23)24)1-2-13(11)25-8-15(18)22/h1-3,9,12,16,20H,4-8H2,(H,17,21). The topological polar surface area (TPSA) is 134 Å². The van der Waals surface area contributed by atoms with Gasteiger partial charge in [0.15, 0.2) is 6.61 Å². The van der Waals surface area contributed by atoms with Crippen molar-refractivity contribution in [1.82, 2.24) is 10.6 Å². The van der Waals surface area contributed by atoms with Gasteiger partial charge in [-0.05, 0) is 6.07 Å². The highest BCUT2D eigenvalue weighted by atomic mass is 16.6. The molecule has 2 aliphatic heterocycles. The summed E-state index contributed by atoms with van der Waals surface area (Å²) in [4.78, 5) is 35.8. The summed E-state index contributed by atoms with van der Waals surface area (Å²) >= 11 is 0. The molecule has 1 fully saturated rings. The van der Waals surface area contributed by atoms with Crippen LogP contribution < -0.4 is 20.3 Å². The van der Waals surface area contributed by atoms with E-state index in [-0.39, 0.29) is 37.0 Å². The first-order chi connectivity index (χ1) is 12.0. The molecule has 3 N–H and O–H groups in total. The maximum Gasteiger partial charge on any atom is 0.271 e. The Morgan fingerprint density at radius 1 is 1.48 bits per heavy atom. The van der Waals surface area contributed by atoms with Crippen molar-refractivity contribution >= 4 is 23.2 Å². The zero-order valence-electron chi connectivity index (χ0n) is 13.3. The predicted molar refractivity (Wildman–Crippen MR) is 86.3 cm³/mol. The van der Waals surface area contributed by atoms with Crippen LogP contribution in [0.15, 0.2) is 18.2 Å². The number of amides is 2. The number of β-amino-alcohol motifs (C(OH)–C–C–N with tert-alkyl or cyclic N) is 1. The quantitative estimate of drug-likeness (QED) is 0.459. The molecule has 3 rings (SSSR count). The average Bonchev–Trinajstić information content (AvgIpc) is 3.00. The van der Waals surface area contributed by atoms with Gasteiger partial charge in [0.2, 0.25) is 5.91 Å². The van der Waals surface area contributed by atoms with E-state index in [4.69, 9.17) is 4.74 Å². The number of nitro groups is 1. The first-order valence-corrected chi connectivity index (χ1v) is 7.83. The van der Waals surface area contributed by atoms with E-state index >= 15 is 0 Å². The second-order valence-corrected chi connectivity index (χ2v) is 5.97. The fourth-order valence-corrected chi connectivity index (χ4v) is 2.85. The van der Waals surface area contributed by atoms with E-state index in [0.717, 1.165) is 0 Å². The maximum atomic E-state index is 12.2. The van der Waals surface area contributed by atoms with Gasteiger partial charge in [0.05, 0.1) is 16.7 Å². The van der Waals surface area contributed by atoms with Crippen LogP contribution in [0.5, 0.6) is 5.75 Å². The Balaban J connectivity index is 1.69. The molecular formula is C15H18N4O6. The first kappa shape index (κ1) is 17.1. The van der Waals surface area contributed by atoms with Gasteiger partial charge in [0.1, 0.15) is 12.3 Å². The molecule has 1 aromatic rings. The minimum absolute atomic E-state index is 0.0854. The molecule has 2 aliphatic rings. The molecule has 0 radical (unpaired) electrons. The van der Waals surface area contributed by atoms with Gasteiger partial charge in [-0.3, -0.25) is 24.6 Å². The minimum Gasteiger partial charge on any atom is -0.482 e. The minimum atomic E-state index is -0.577. The number of anilines is 1. The number of nitrogens with one attached hydrogen (secondary N) is 2. The summed E-state index contributed by atoms with van der Waals surface area (Å²) in [5.74, 6) is -0.636. The Bertz CT molecular complexity index is 709. The van der Waals surface area contributed by atoms with Crippen LogP contribution in [0.25, 0.3) is 0 Å². The first-order valence-electron chi connectivity index (χ1n) is 7.83. The van der Waals surface area contributed by atoms with Crippen molar-refractivity contribution in [3.63, 3.8) is 0 Å². The van der Waals surface area contributed by atoms with Gasteiger partial charge in [0.25, 0.3) is 11.6 Å². The zero-order valence-corrected chi connectivity index (χ0v) is 13.3. The normalized spacial score (nSPS) is 22.3. The van der Waals surface area contributed by atoms with Crippen molar-refractivity contribution in [3.05, 3.63) is 28.3 Å². The summed E-state index contributed by atoms with van der Waals surface area (Å²) < 4.78 is 5.25. The molecule has 1 aromatic carbocycles. The molecule has 2 atom stereocenters. The molecule has 0 spiro atoms. The average molecular weight is 350 g/mol. The number of aliphatic hydroxyl groups excluding tert-OH is 1. The highest BCUT2D eigenvalue weighted by molar-refractivity contribution is 6.02. The molecule has 0 aliphatic carbocycles. The summed E-state index contributed by atoms with van der Waals surface area (Å²) in [7, 11) is 0. The number of hydrogen-bond acceptors (Lipinski definition) is 7. The van der Waals surface area contributed by atoms with Gasteiger partial charge in [-0.25, -0.2) is 0 Å². The third kappa shape index (κ3) is 3.69. The summed E-state index contributed by atoms with van der Waals surface area (Å²) in [5, 5.41) is 26.4. The van der Waals surface area contributed by atoms with Crippen molar-refractivity contribution in [2.24, 2.45) is 5.92 Å². The molecule has 0 bridgehead atoms. The zero-order chi connectivity index (χ0) is 18.0. The van der Waals surface area contributed by atoms with Gasteiger partial charge in [0, 0.05) is 37.7 Å². The molecule has 0 saturated carbocycles. The molecule has 1 saturated heterocycles. The number of carbonyl (C=O) groups excluding carboxylic acids is 2. The number of nitro benzene ring substituents is 1. The maximum absolute atomic E-state index is 12.2. The van der Waals surface area contributed by atoms with Crippen molar-refractivity contribution in [2.45, 2.75) is 6.10 Å². The SMILES string of the molecule is O=C(CN1C(=O)COc2ccc([N+](=O)[O-])cc21)NCC1CNCC1O. The van der Waals surface area contributed by atoms with E-state index in [1.165, 1.54) is 23.1 Å². The number of benzene rings is 1. The van der Waals surface area contributed by atoms with Gasteiger partial charge in [-0.1, -0.05) is 0 Å².